The van der Waals surface area contributed by atoms with E-state index in [1.165, 1.54) is 0 Å². The van der Waals surface area contributed by atoms with Gasteiger partial charge in [0.15, 0.2) is 0 Å². The highest BCUT2D eigenvalue weighted by molar-refractivity contribution is 7.80. The zero-order chi connectivity index (χ0) is 17.6. The summed E-state index contributed by atoms with van der Waals surface area (Å²) in [6.45, 7) is 3.70. The van der Waals surface area contributed by atoms with E-state index < -0.39 is 16.5 Å². The Morgan fingerprint density at radius 2 is 2.04 bits per heavy atom. The Morgan fingerprint density at radius 1 is 1.29 bits per heavy atom. The topological polar surface area (TPSA) is 118 Å². The predicted octanol–water partition coefficient (Wildman–Crippen LogP) is 3.07. The summed E-state index contributed by atoms with van der Waals surface area (Å²) < 4.78 is 40.8. The Kier molecular flexibility index (Phi) is 6.52. The van der Waals surface area contributed by atoms with Gasteiger partial charge in [-0.05, 0) is 26.7 Å². The van der Waals surface area contributed by atoms with Gasteiger partial charge >= 0.3 is 10.4 Å². The lowest BCUT2D eigenvalue weighted by molar-refractivity contribution is 0.164. The van der Waals surface area contributed by atoms with Crippen molar-refractivity contribution in [2.24, 2.45) is 0 Å². The van der Waals surface area contributed by atoms with E-state index in [1.54, 1.807) is 6.20 Å². The van der Waals surface area contributed by atoms with E-state index in [0.717, 1.165) is 49.3 Å². The van der Waals surface area contributed by atoms with Gasteiger partial charge in [0, 0.05) is 24.4 Å². The first-order valence-corrected chi connectivity index (χ1v) is 9.29. The molecule has 0 aromatic carbocycles. The van der Waals surface area contributed by atoms with E-state index >= 15 is 0 Å². The molecule has 0 fully saturated rings. The van der Waals surface area contributed by atoms with Crippen LogP contribution < -0.4 is 0 Å². The molecule has 8 nitrogen and oxygen atoms in total. The van der Waals surface area contributed by atoms with Crippen LogP contribution >= 0.6 is 0 Å². The van der Waals surface area contributed by atoms with Gasteiger partial charge in [0.2, 0.25) is 0 Å². The molecular formula is C15H23N3O5S. The van der Waals surface area contributed by atoms with Crippen LogP contribution in [0.15, 0.2) is 16.8 Å². The molecule has 0 saturated heterocycles. The lowest BCUT2D eigenvalue weighted by atomic mass is 10.1. The maximum Gasteiger partial charge on any atom is 0.398 e. The van der Waals surface area contributed by atoms with E-state index in [9.17, 15) is 8.42 Å². The summed E-state index contributed by atoms with van der Waals surface area (Å²) in [6.07, 6.45) is 5.71. The standard InChI is InChI=1S/C15H23N3O5S/c1-11-9-13(22-18-11)7-5-3-4-6-8-14(23-24(19,20)21)15-16-10-12(2)17-15/h9-10,14H,3-8H2,1-2H3,(H,16,17)(H,19,20,21). The zero-order valence-corrected chi connectivity index (χ0v) is 14.7. The highest BCUT2D eigenvalue weighted by Gasteiger charge is 2.21. The Bertz CT molecular complexity index is 738. The largest absolute Gasteiger partial charge is 0.398 e. The van der Waals surface area contributed by atoms with Crippen molar-refractivity contribution >= 4 is 10.4 Å². The number of imidazole rings is 1. The van der Waals surface area contributed by atoms with Crippen LogP contribution in [0.1, 0.15) is 61.2 Å². The summed E-state index contributed by atoms with van der Waals surface area (Å²) in [5, 5.41) is 3.84. The van der Waals surface area contributed by atoms with Gasteiger partial charge < -0.3 is 9.51 Å². The van der Waals surface area contributed by atoms with E-state index in [2.05, 4.69) is 15.1 Å². The molecule has 1 unspecified atom stereocenters. The smallest absolute Gasteiger partial charge is 0.361 e. The Morgan fingerprint density at radius 3 is 2.62 bits per heavy atom. The molecule has 0 spiro atoms. The second kappa shape index (κ2) is 8.41. The molecule has 134 valence electrons. The molecule has 0 aliphatic heterocycles. The van der Waals surface area contributed by atoms with Crippen LogP contribution in [0.5, 0.6) is 0 Å². The Hall–Kier alpha value is -1.71. The number of aromatic nitrogens is 3. The minimum atomic E-state index is -4.52. The van der Waals surface area contributed by atoms with E-state index in [0.29, 0.717) is 12.2 Å². The zero-order valence-electron chi connectivity index (χ0n) is 13.9. The van der Waals surface area contributed by atoms with Crippen molar-refractivity contribution in [1.29, 1.82) is 0 Å². The molecule has 2 aromatic rings. The van der Waals surface area contributed by atoms with Gasteiger partial charge in [-0.2, -0.15) is 8.42 Å². The van der Waals surface area contributed by atoms with Gasteiger partial charge in [-0.15, -0.1) is 0 Å². The lowest BCUT2D eigenvalue weighted by Gasteiger charge is -2.13. The van der Waals surface area contributed by atoms with Gasteiger partial charge in [-0.1, -0.05) is 24.4 Å². The molecule has 1 atom stereocenters. The van der Waals surface area contributed by atoms with Crippen molar-refractivity contribution in [3.8, 4) is 0 Å². The highest BCUT2D eigenvalue weighted by atomic mass is 32.3. The van der Waals surface area contributed by atoms with Crippen LogP contribution in [0.25, 0.3) is 0 Å². The number of aromatic amines is 1. The van der Waals surface area contributed by atoms with Crippen LogP contribution in [-0.4, -0.2) is 28.1 Å². The summed E-state index contributed by atoms with van der Waals surface area (Å²) in [6, 6.07) is 1.93. The first-order valence-electron chi connectivity index (χ1n) is 7.93. The average molecular weight is 357 g/mol. The molecule has 2 aromatic heterocycles. The molecule has 0 radical (unpaired) electrons. The molecule has 2 rings (SSSR count). The van der Waals surface area contributed by atoms with Crippen molar-refractivity contribution in [2.75, 3.05) is 0 Å². The van der Waals surface area contributed by atoms with Gasteiger partial charge in [0.05, 0.1) is 5.69 Å². The van der Waals surface area contributed by atoms with Gasteiger partial charge in [-0.25, -0.2) is 9.17 Å². The SMILES string of the molecule is Cc1cc(CCCCCCC(OS(=O)(=O)O)c2ncc(C)[nH]2)on1. The Labute approximate surface area is 141 Å². The molecule has 0 saturated carbocycles. The number of rotatable bonds is 10. The van der Waals surface area contributed by atoms with Crippen LogP contribution in [0.4, 0.5) is 0 Å². The van der Waals surface area contributed by atoms with Crippen LogP contribution in [0.2, 0.25) is 0 Å². The predicted molar refractivity (Wildman–Crippen MR) is 86.7 cm³/mol. The third-order valence-corrected chi connectivity index (χ3v) is 4.06. The second-order valence-corrected chi connectivity index (χ2v) is 6.90. The minimum Gasteiger partial charge on any atom is -0.361 e. The summed E-state index contributed by atoms with van der Waals surface area (Å²) >= 11 is 0. The van der Waals surface area contributed by atoms with Crippen molar-refractivity contribution in [1.82, 2.24) is 15.1 Å². The minimum absolute atomic E-state index is 0.405. The van der Waals surface area contributed by atoms with Crippen molar-refractivity contribution in [3.05, 3.63) is 35.2 Å². The maximum atomic E-state index is 11.0. The molecule has 0 bridgehead atoms. The summed E-state index contributed by atoms with van der Waals surface area (Å²) in [7, 11) is -4.52. The summed E-state index contributed by atoms with van der Waals surface area (Å²) in [5.41, 5.74) is 1.68. The molecule has 0 amide bonds. The number of nitrogens with one attached hydrogen (secondary N) is 1. The van der Waals surface area contributed by atoms with Crippen molar-refractivity contribution < 1.29 is 21.7 Å². The second-order valence-electron chi connectivity index (χ2n) is 5.85. The average Bonchev–Trinajstić information content (AvgIpc) is 3.09. The van der Waals surface area contributed by atoms with E-state index in [4.69, 9.17) is 13.3 Å². The van der Waals surface area contributed by atoms with Crippen LogP contribution in [0, 0.1) is 13.8 Å². The number of hydrogen-bond acceptors (Lipinski definition) is 6. The van der Waals surface area contributed by atoms with Crippen LogP contribution in [-0.2, 0) is 21.0 Å². The van der Waals surface area contributed by atoms with Gasteiger partial charge in [-0.3, -0.25) is 4.55 Å². The van der Waals surface area contributed by atoms with Crippen LogP contribution in [0.3, 0.4) is 0 Å². The fourth-order valence-corrected chi connectivity index (χ4v) is 2.97. The van der Waals surface area contributed by atoms with Gasteiger partial charge in [0.25, 0.3) is 0 Å². The number of H-pyrrole nitrogens is 1. The molecule has 24 heavy (non-hydrogen) atoms. The van der Waals surface area contributed by atoms with E-state index in [-0.39, 0.29) is 0 Å². The third kappa shape index (κ3) is 6.42. The quantitative estimate of drug-likeness (QED) is 0.495. The fourth-order valence-electron chi connectivity index (χ4n) is 2.49. The van der Waals surface area contributed by atoms with E-state index in [1.807, 2.05) is 19.9 Å². The van der Waals surface area contributed by atoms with Crippen molar-refractivity contribution in [2.45, 2.75) is 58.5 Å². The monoisotopic (exact) mass is 357 g/mol. The van der Waals surface area contributed by atoms with Gasteiger partial charge in [0.1, 0.15) is 17.7 Å². The molecule has 0 aliphatic rings. The Balaban J connectivity index is 1.74. The number of hydrogen-bond donors (Lipinski definition) is 2. The third-order valence-electron chi connectivity index (χ3n) is 3.58. The molecule has 9 heteroatoms. The molecular weight excluding hydrogens is 334 g/mol. The highest BCUT2D eigenvalue weighted by Crippen LogP contribution is 2.23. The maximum absolute atomic E-state index is 11.0. The number of unbranched alkanes of at least 4 members (excludes halogenated alkanes) is 3. The lowest BCUT2D eigenvalue weighted by Crippen LogP contribution is -2.12. The number of aryl methyl sites for hydroxylation is 3. The first kappa shape index (κ1) is 18.6. The number of nitrogens with zero attached hydrogens (tertiary/aromatic N) is 2. The summed E-state index contributed by atoms with van der Waals surface area (Å²) in [5.74, 6) is 1.29. The molecule has 0 aliphatic carbocycles. The summed E-state index contributed by atoms with van der Waals surface area (Å²) in [4.78, 5) is 7.03. The van der Waals surface area contributed by atoms with Crippen molar-refractivity contribution in [3.63, 3.8) is 0 Å². The molecule has 2 N–H and O–H groups in total. The molecule has 2 heterocycles. The first-order chi connectivity index (χ1) is 11.3. The normalized spacial score (nSPS) is 13.3. The fraction of sp³-hybridized carbons (Fsp3) is 0.600.